The van der Waals surface area contributed by atoms with E-state index in [2.05, 4.69) is 40.4 Å². The average Bonchev–Trinajstić information content (AvgIpc) is 2.82. The Kier molecular flexibility index (Phi) is 4.23. The van der Waals surface area contributed by atoms with E-state index >= 15 is 0 Å². The minimum absolute atomic E-state index is 0.629. The molecule has 2 aromatic rings. The molecule has 0 saturated carbocycles. The number of hydrogen-bond donors (Lipinski definition) is 0. The Morgan fingerprint density at radius 3 is 2.88 bits per heavy atom. The van der Waals surface area contributed by atoms with Gasteiger partial charge in [-0.1, -0.05) is 48.0 Å². The summed E-state index contributed by atoms with van der Waals surface area (Å²) in [5.41, 5.74) is 1.31. The predicted octanol–water partition coefficient (Wildman–Crippen LogP) is 2.25. The van der Waals surface area contributed by atoms with E-state index in [9.17, 15) is 0 Å². The lowest BCUT2D eigenvalue weighted by Crippen LogP contribution is -2.02. The van der Waals surface area contributed by atoms with Crippen molar-refractivity contribution >= 4 is 11.8 Å². The van der Waals surface area contributed by atoms with Crippen LogP contribution in [0.25, 0.3) is 0 Å². The van der Waals surface area contributed by atoms with Crippen molar-refractivity contribution in [2.24, 2.45) is 0 Å². The molecule has 4 heteroatoms. The van der Waals surface area contributed by atoms with Crippen LogP contribution in [0.5, 0.6) is 0 Å². The molecule has 17 heavy (non-hydrogen) atoms. The first-order valence-electron chi connectivity index (χ1n) is 5.38. The second kappa shape index (κ2) is 6.12. The molecule has 0 fully saturated rings. The minimum Gasteiger partial charge on any atom is -0.308 e. The van der Waals surface area contributed by atoms with E-state index in [1.807, 2.05) is 10.6 Å². The standard InChI is InChI=1S/C13H13N3S/c1-2-10-17-13-15-14-11-16(13)9-8-12-6-4-3-5-7-12/h1,3-7,11H,8-10H2. The zero-order chi connectivity index (χ0) is 11.9. The SMILES string of the molecule is C#CCSc1nncn1CCc1ccccc1. The number of thioether (sulfide) groups is 1. The molecule has 0 amide bonds. The first-order chi connectivity index (χ1) is 8.40. The number of hydrogen-bond acceptors (Lipinski definition) is 3. The van der Waals surface area contributed by atoms with Crippen molar-refractivity contribution in [1.29, 1.82) is 0 Å². The number of terminal acetylenes is 1. The van der Waals surface area contributed by atoms with Crippen molar-refractivity contribution in [2.45, 2.75) is 18.1 Å². The quantitative estimate of drug-likeness (QED) is 0.596. The van der Waals surface area contributed by atoms with E-state index < -0.39 is 0 Å². The van der Waals surface area contributed by atoms with Crippen molar-refractivity contribution in [3.8, 4) is 12.3 Å². The highest BCUT2D eigenvalue weighted by molar-refractivity contribution is 7.99. The third-order valence-electron chi connectivity index (χ3n) is 2.35. The van der Waals surface area contributed by atoms with E-state index in [0.717, 1.165) is 18.1 Å². The number of nitrogens with zero attached hydrogens (tertiary/aromatic N) is 3. The Morgan fingerprint density at radius 1 is 1.29 bits per heavy atom. The van der Waals surface area contributed by atoms with Crippen molar-refractivity contribution in [3.63, 3.8) is 0 Å². The maximum absolute atomic E-state index is 5.23. The number of aryl methyl sites for hydroxylation is 2. The lowest BCUT2D eigenvalue weighted by Gasteiger charge is -2.05. The largest absolute Gasteiger partial charge is 0.308 e. The van der Waals surface area contributed by atoms with Crippen LogP contribution < -0.4 is 0 Å². The van der Waals surface area contributed by atoms with Crippen molar-refractivity contribution in [1.82, 2.24) is 14.8 Å². The molecule has 0 aliphatic carbocycles. The van der Waals surface area contributed by atoms with Crippen LogP contribution >= 0.6 is 11.8 Å². The zero-order valence-corrected chi connectivity index (χ0v) is 10.2. The molecule has 0 N–H and O–H groups in total. The summed E-state index contributed by atoms with van der Waals surface area (Å²) in [7, 11) is 0. The van der Waals surface area contributed by atoms with E-state index in [1.54, 1.807) is 18.1 Å². The molecule has 1 heterocycles. The number of rotatable bonds is 5. The van der Waals surface area contributed by atoms with Crippen LogP contribution in [0.1, 0.15) is 5.56 Å². The van der Waals surface area contributed by atoms with Crippen molar-refractivity contribution < 1.29 is 0 Å². The van der Waals surface area contributed by atoms with Gasteiger partial charge in [0.1, 0.15) is 6.33 Å². The molecule has 0 aliphatic heterocycles. The van der Waals surface area contributed by atoms with E-state index in [1.165, 1.54) is 5.56 Å². The second-order valence-corrected chi connectivity index (χ2v) is 4.48. The third kappa shape index (κ3) is 3.36. The van der Waals surface area contributed by atoms with Gasteiger partial charge in [-0.3, -0.25) is 0 Å². The molecular weight excluding hydrogens is 230 g/mol. The Balaban J connectivity index is 1.95. The third-order valence-corrected chi connectivity index (χ3v) is 3.23. The summed E-state index contributed by atoms with van der Waals surface area (Å²) in [4.78, 5) is 0. The molecule has 0 saturated heterocycles. The average molecular weight is 243 g/mol. The van der Waals surface area contributed by atoms with E-state index in [0.29, 0.717) is 5.75 Å². The fourth-order valence-electron chi connectivity index (χ4n) is 1.51. The second-order valence-electron chi connectivity index (χ2n) is 3.54. The number of benzene rings is 1. The van der Waals surface area contributed by atoms with Gasteiger partial charge in [-0.15, -0.1) is 16.6 Å². The van der Waals surface area contributed by atoms with Gasteiger partial charge in [-0.25, -0.2) is 0 Å². The van der Waals surface area contributed by atoms with Crippen LogP contribution in [-0.2, 0) is 13.0 Å². The molecule has 86 valence electrons. The van der Waals surface area contributed by atoms with Crippen molar-refractivity contribution in [3.05, 3.63) is 42.2 Å². The lowest BCUT2D eigenvalue weighted by molar-refractivity contribution is 0.634. The molecule has 0 atom stereocenters. The summed E-state index contributed by atoms with van der Waals surface area (Å²) < 4.78 is 2.04. The first-order valence-corrected chi connectivity index (χ1v) is 6.36. The first kappa shape index (κ1) is 11.7. The van der Waals surface area contributed by atoms with Gasteiger partial charge < -0.3 is 4.57 Å². The maximum Gasteiger partial charge on any atom is 0.191 e. The molecule has 0 aliphatic rings. The molecule has 0 bridgehead atoms. The summed E-state index contributed by atoms with van der Waals surface area (Å²) in [6.45, 7) is 0.879. The summed E-state index contributed by atoms with van der Waals surface area (Å²) in [5, 5.41) is 8.85. The van der Waals surface area contributed by atoms with Crippen molar-refractivity contribution in [2.75, 3.05) is 5.75 Å². The summed E-state index contributed by atoms with van der Waals surface area (Å²) in [6.07, 6.45) is 7.96. The lowest BCUT2D eigenvalue weighted by atomic mass is 10.1. The van der Waals surface area contributed by atoms with Gasteiger partial charge in [0.25, 0.3) is 0 Å². The summed E-state index contributed by atoms with van der Waals surface area (Å²) >= 11 is 1.54. The molecule has 0 spiro atoms. The van der Waals surface area contributed by atoms with Gasteiger partial charge >= 0.3 is 0 Å². The highest BCUT2D eigenvalue weighted by Crippen LogP contribution is 2.14. The van der Waals surface area contributed by atoms with Crippen LogP contribution in [0.4, 0.5) is 0 Å². The monoisotopic (exact) mass is 243 g/mol. The smallest absolute Gasteiger partial charge is 0.191 e. The molecule has 2 rings (SSSR count). The topological polar surface area (TPSA) is 30.7 Å². The number of aromatic nitrogens is 3. The van der Waals surface area contributed by atoms with Gasteiger partial charge in [-0.2, -0.15) is 0 Å². The highest BCUT2D eigenvalue weighted by Gasteiger charge is 2.03. The van der Waals surface area contributed by atoms with E-state index in [4.69, 9.17) is 6.42 Å². The predicted molar refractivity (Wildman–Crippen MR) is 69.7 cm³/mol. The zero-order valence-electron chi connectivity index (χ0n) is 9.41. The Bertz CT molecular complexity index is 499. The molecular formula is C13H13N3S. The van der Waals surface area contributed by atoms with Gasteiger partial charge in [0, 0.05) is 6.54 Å². The van der Waals surface area contributed by atoms with Crippen LogP contribution in [-0.4, -0.2) is 20.5 Å². The Morgan fingerprint density at radius 2 is 2.12 bits per heavy atom. The van der Waals surface area contributed by atoms with Crippen LogP contribution in [0.2, 0.25) is 0 Å². The van der Waals surface area contributed by atoms with E-state index in [-0.39, 0.29) is 0 Å². The Labute approximate surface area is 105 Å². The Hall–Kier alpha value is -1.73. The maximum atomic E-state index is 5.23. The highest BCUT2D eigenvalue weighted by atomic mass is 32.2. The summed E-state index contributed by atoms with van der Waals surface area (Å²) in [5.74, 6) is 3.22. The molecule has 1 aromatic heterocycles. The molecule has 0 radical (unpaired) electrons. The molecule has 1 aromatic carbocycles. The van der Waals surface area contributed by atoms with Gasteiger partial charge in [0.15, 0.2) is 5.16 Å². The van der Waals surface area contributed by atoms with Crippen LogP contribution in [0.3, 0.4) is 0 Å². The molecule has 0 unspecified atom stereocenters. The van der Waals surface area contributed by atoms with Gasteiger partial charge in [-0.05, 0) is 12.0 Å². The van der Waals surface area contributed by atoms with Gasteiger partial charge in [0.2, 0.25) is 0 Å². The van der Waals surface area contributed by atoms with Gasteiger partial charge in [0.05, 0.1) is 5.75 Å². The summed E-state index contributed by atoms with van der Waals surface area (Å²) in [6, 6.07) is 10.4. The van der Waals surface area contributed by atoms with Crippen LogP contribution in [0, 0.1) is 12.3 Å². The fraction of sp³-hybridized carbons (Fsp3) is 0.231. The normalized spacial score (nSPS) is 10.1. The fourth-order valence-corrected chi connectivity index (χ4v) is 2.13. The molecule has 3 nitrogen and oxygen atoms in total. The van der Waals surface area contributed by atoms with Crippen LogP contribution in [0.15, 0.2) is 41.8 Å². The minimum atomic E-state index is 0.629.